The number of carbonyl (C=O) groups is 1. The van der Waals surface area contributed by atoms with Crippen molar-refractivity contribution < 1.29 is 14.3 Å². The fourth-order valence-corrected chi connectivity index (χ4v) is 4.54. The summed E-state index contributed by atoms with van der Waals surface area (Å²) >= 11 is 2.26. The molecule has 0 aliphatic rings. The molecule has 7 heteroatoms. The first-order valence-electron chi connectivity index (χ1n) is 9.73. The van der Waals surface area contributed by atoms with Gasteiger partial charge in [-0.3, -0.25) is 0 Å². The molecule has 0 amide bonds. The SMILES string of the molecule is COC(=O)c1ccc(-c2c(C#N)c3cc(I)ccc3n2COCC[Si](C)(C)C)cc1. The minimum atomic E-state index is -1.19. The summed E-state index contributed by atoms with van der Waals surface area (Å²) in [4.78, 5) is 11.8. The Balaban J connectivity index is 2.07. The maximum Gasteiger partial charge on any atom is 0.337 e. The number of hydrogen-bond acceptors (Lipinski definition) is 4. The van der Waals surface area contributed by atoms with Crippen molar-refractivity contribution in [3.05, 3.63) is 57.2 Å². The van der Waals surface area contributed by atoms with Gasteiger partial charge in [-0.05, 0) is 64.5 Å². The Kier molecular flexibility index (Phi) is 7.01. The second kappa shape index (κ2) is 9.33. The molecule has 0 bridgehead atoms. The summed E-state index contributed by atoms with van der Waals surface area (Å²) in [6.45, 7) is 8.04. The average Bonchev–Trinajstić information content (AvgIpc) is 3.02. The minimum Gasteiger partial charge on any atom is -0.465 e. The Bertz CT molecular complexity index is 1110. The second-order valence-electron chi connectivity index (χ2n) is 8.34. The maximum atomic E-state index is 11.8. The third kappa shape index (κ3) is 4.94. The molecule has 0 N–H and O–H groups in total. The van der Waals surface area contributed by atoms with E-state index < -0.39 is 8.07 Å². The molecule has 0 radical (unpaired) electrons. The van der Waals surface area contributed by atoms with Crippen molar-refractivity contribution in [1.82, 2.24) is 4.57 Å². The van der Waals surface area contributed by atoms with Crippen LogP contribution < -0.4 is 0 Å². The summed E-state index contributed by atoms with van der Waals surface area (Å²) in [7, 11) is 0.175. The van der Waals surface area contributed by atoms with Gasteiger partial charge >= 0.3 is 5.97 Å². The van der Waals surface area contributed by atoms with Crippen LogP contribution in [-0.2, 0) is 16.2 Å². The van der Waals surface area contributed by atoms with E-state index >= 15 is 0 Å². The van der Waals surface area contributed by atoms with Gasteiger partial charge in [-0.2, -0.15) is 5.26 Å². The lowest BCUT2D eigenvalue weighted by Gasteiger charge is -2.17. The van der Waals surface area contributed by atoms with Crippen molar-refractivity contribution in [3.8, 4) is 17.3 Å². The van der Waals surface area contributed by atoms with Crippen molar-refractivity contribution in [2.24, 2.45) is 0 Å². The molecule has 0 saturated carbocycles. The topological polar surface area (TPSA) is 64.2 Å². The average molecular weight is 532 g/mol. The fraction of sp³-hybridized carbons (Fsp3) is 0.304. The molecule has 0 fully saturated rings. The van der Waals surface area contributed by atoms with E-state index in [2.05, 4.69) is 52.9 Å². The summed E-state index contributed by atoms with van der Waals surface area (Å²) < 4.78 is 14.0. The van der Waals surface area contributed by atoms with Crippen LogP contribution in [0.5, 0.6) is 0 Å². The van der Waals surface area contributed by atoms with Gasteiger partial charge in [0.1, 0.15) is 12.8 Å². The zero-order valence-electron chi connectivity index (χ0n) is 17.7. The summed E-state index contributed by atoms with van der Waals surface area (Å²) in [6.07, 6.45) is 0. The first-order chi connectivity index (χ1) is 14.2. The quantitative estimate of drug-likeness (QED) is 0.165. The van der Waals surface area contributed by atoms with Crippen molar-refractivity contribution in [2.75, 3.05) is 13.7 Å². The number of esters is 1. The van der Waals surface area contributed by atoms with Crippen LogP contribution >= 0.6 is 22.6 Å². The third-order valence-corrected chi connectivity index (χ3v) is 7.31. The minimum absolute atomic E-state index is 0.372. The predicted molar refractivity (Wildman–Crippen MR) is 130 cm³/mol. The highest BCUT2D eigenvalue weighted by Crippen LogP contribution is 2.34. The van der Waals surface area contributed by atoms with E-state index in [-0.39, 0.29) is 5.97 Å². The van der Waals surface area contributed by atoms with E-state index in [1.54, 1.807) is 12.1 Å². The molecule has 2 aromatic carbocycles. The van der Waals surface area contributed by atoms with Crippen LogP contribution in [0.1, 0.15) is 15.9 Å². The predicted octanol–water partition coefficient (Wildman–Crippen LogP) is 5.88. The van der Waals surface area contributed by atoms with E-state index in [0.717, 1.165) is 31.8 Å². The molecule has 1 aromatic heterocycles. The lowest BCUT2D eigenvalue weighted by molar-refractivity contribution is 0.0600. The highest BCUT2D eigenvalue weighted by Gasteiger charge is 2.20. The Labute approximate surface area is 191 Å². The van der Waals surface area contributed by atoms with Crippen molar-refractivity contribution >= 4 is 47.5 Å². The summed E-state index contributed by atoms with van der Waals surface area (Å²) in [5.41, 5.74) is 3.72. The Morgan fingerprint density at radius 1 is 1.17 bits per heavy atom. The summed E-state index contributed by atoms with van der Waals surface area (Å²) in [5, 5.41) is 10.9. The van der Waals surface area contributed by atoms with Crippen LogP contribution in [-0.4, -0.2) is 32.3 Å². The number of nitrogens with zero attached hydrogens (tertiary/aromatic N) is 2. The highest BCUT2D eigenvalue weighted by molar-refractivity contribution is 14.1. The zero-order chi connectivity index (χ0) is 21.9. The molecule has 30 heavy (non-hydrogen) atoms. The highest BCUT2D eigenvalue weighted by atomic mass is 127. The van der Waals surface area contributed by atoms with Gasteiger partial charge in [-0.15, -0.1) is 0 Å². The first kappa shape index (κ1) is 22.5. The molecule has 0 atom stereocenters. The second-order valence-corrected chi connectivity index (χ2v) is 15.2. The number of benzene rings is 2. The number of methoxy groups -OCH3 is 1. The lowest BCUT2D eigenvalue weighted by Crippen LogP contribution is -2.22. The van der Waals surface area contributed by atoms with E-state index in [9.17, 15) is 10.1 Å². The van der Waals surface area contributed by atoms with Gasteiger partial charge in [0.15, 0.2) is 0 Å². The van der Waals surface area contributed by atoms with Gasteiger partial charge in [0.2, 0.25) is 0 Å². The number of carbonyl (C=O) groups excluding carboxylic acids is 1. The summed E-state index contributed by atoms with van der Waals surface area (Å²) in [5.74, 6) is -0.383. The van der Waals surface area contributed by atoms with Gasteiger partial charge in [-0.25, -0.2) is 4.79 Å². The molecule has 156 valence electrons. The van der Waals surface area contributed by atoms with Crippen LogP contribution in [0.4, 0.5) is 0 Å². The first-order valence-corrected chi connectivity index (χ1v) is 14.5. The van der Waals surface area contributed by atoms with Crippen molar-refractivity contribution in [1.29, 1.82) is 5.26 Å². The molecule has 3 aromatic rings. The molecule has 0 aliphatic carbocycles. The molecule has 3 rings (SSSR count). The fourth-order valence-electron chi connectivity index (χ4n) is 3.29. The van der Waals surface area contributed by atoms with Crippen LogP contribution in [0.3, 0.4) is 0 Å². The number of hydrogen-bond donors (Lipinski definition) is 0. The normalized spacial score (nSPS) is 11.5. The molecule has 1 heterocycles. The van der Waals surface area contributed by atoms with Crippen molar-refractivity contribution in [2.45, 2.75) is 32.4 Å². The van der Waals surface area contributed by atoms with E-state index in [0.29, 0.717) is 24.5 Å². The number of fused-ring (bicyclic) bond motifs is 1. The molecular formula is C23H25IN2O3Si. The number of halogens is 1. The number of aromatic nitrogens is 1. The largest absolute Gasteiger partial charge is 0.465 e. The van der Waals surface area contributed by atoms with E-state index in [4.69, 9.17) is 9.47 Å². The van der Waals surface area contributed by atoms with Gasteiger partial charge in [-0.1, -0.05) is 31.8 Å². The smallest absolute Gasteiger partial charge is 0.337 e. The Morgan fingerprint density at radius 3 is 2.47 bits per heavy atom. The number of rotatable bonds is 7. The van der Waals surface area contributed by atoms with Gasteiger partial charge in [0.25, 0.3) is 0 Å². The zero-order valence-corrected chi connectivity index (χ0v) is 20.8. The molecule has 0 unspecified atom stereocenters. The molecular weight excluding hydrogens is 507 g/mol. The van der Waals surface area contributed by atoms with Crippen LogP contribution in [0.15, 0.2) is 42.5 Å². The molecule has 0 aliphatic heterocycles. The van der Waals surface area contributed by atoms with Gasteiger partial charge in [0.05, 0.1) is 29.4 Å². The maximum absolute atomic E-state index is 11.8. The molecule has 0 spiro atoms. The lowest BCUT2D eigenvalue weighted by atomic mass is 10.0. The van der Waals surface area contributed by atoms with E-state index in [1.807, 2.05) is 30.3 Å². The van der Waals surface area contributed by atoms with E-state index in [1.165, 1.54) is 7.11 Å². The van der Waals surface area contributed by atoms with Gasteiger partial charge in [0, 0.05) is 23.6 Å². The number of nitriles is 1. The Hall–Kier alpha value is -2.15. The molecule has 5 nitrogen and oxygen atoms in total. The van der Waals surface area contributed by atoms with Crippen LogP contribution in [0, 0.1) is 14.9 Å². The number of ether oxygens (including phenoxy) is 2. The monoisotopic (exact) mass is 532 g/mol. The van der Waals surface area contributed by atoms with Crippen molar-refractivity contribution in [3.63, 3.8) is 0 Å². The van der Waals surface area contributed by atoms with Crippen LogP contribution in [0.25, 0.3) is 22.2 Å². The van der Waals surface area contributed by atoms with Crippen LogP contribution in [0.2, 0.25) is 25.7 Å². The standard InChI is InChI=1S/C23H25IN2O3Si/c1-28-23(27)17-7-5-16(6-8-17)22-20(14-25)19-13-18(24)9-10-21(19)26(22)15-29-11-12-30(2,3)4/h5-10,13H,11-12,15H2,1-4H3. The summed E-state index contributed by atoms with van der Waals surface area (Å²) in [6, 6.07) is 16.7. The molecule has 0 saturated heterocycles. The van der Waals surface area contributed by atoms with Gasteiger partial charge < -0.3 is 14.0 Å². The Morgan fingerprint density at radius 2 is 1.87 bits per heavy atom. The third-order valence-electron chi connectivity index (χ3n) is 4.93.